The molecule has 1 heterocycles. The molecule has 1 radical (unpaired) electrons. The predicted molar refractivity (Wildman–Crippen MR) is 26.7 cm³/mol. The molecule has 0 amide bonds. The van der Waals surface area contributed by atoms with Crippen LogP contribution in [-0.2, 0) is 4.79 Å². The number of hydrogen-bond acceptors (Lipinski definition) is 2. The molecule has 2 nitrogen and oxygen atoms in total. The number of carbonyl (C=O) groups excluding carboxylic acids is 1. The van der Waals surface area contributed by atoms with Crippen molar-refractivity contribution in [1.82, 2.24) is 4.90 Å². The van der Waals surface area contributed by atoms with Crippen LogP contribution in [0.2, 0.25) is 0 Å². The van der Waals surface area contributed by atoms with Crippen LogP contribution >= 0.6 is 0 Å². The van der Waals surface area contributed by atoms with Crippen LogP contribution in [0, 0.1) is 0 Å². The maximum absolute atomic E-state index is 9.83. The molecule has 1 fully saturated rings. The number of likely N-dealkylation sites (tertiary alicyclic amines) is 1. The van der Waals surface area contributed by atoms with Gasteiger partial charge in [0.2, 0.25) is 6.29 Å². The highest BCUT2D eigenvalue weighted by Crippen LogP contribution is 2.10. The summed E-state index contributed by atoms with van der Waals surface area (Å²) in [5.74, 6) is 0. The molecule has 0 spiro atoms. The van der Waals surface area contributed by atoms with Gasteiger partial charge in [-0.25, -0.2) is 0 Å². The second kappa shape index (κ2) is 1.62. The van der Waals surface area contributed by atoms with Gasteiger partial charge in [-0.2, -0.15) is 0 Å². The number of rotatable bonds is 1. The Morgan fingerprint density at radius 1 is 1.86 bits per heavy atom. The molecule has 0 N–H and O–H groups in total. The van der Waals surface area contributed by atoms with Crippen molar-refractivity contribution in [2.75, 3.05) is 13.6 Å². The van der Waals surface area contributed by atoms with Crippen molar-refractivity contribution in [2.24, 2.45) is 0 Å². The summed E-state index contributed by atoms with van der Waals surface area (Å²) in [7, 11) is 1.93. The molecular weight excluding hydrogens is 90.1 g/mol. The fourth-order valence-electron chi connectivity index (χ4n) is 0.665. The van der Waals surface area contributed by atoms with Crippen LogP contribution in [0.1, 0.15) is 6.42 Å². The lowest BCUT2D eigenvalue weighted by molar-refractivity contribution is 0.177. The highest BCUT2D eigenvalue weighted by atomic mass is 16.1. The molecule has 1 rings (SSSR count). The van der Waals surface area contributed by atoms with Gasteiger partial charge in [0.15, 0.2) is 0 Å². The van der Waals surface area contributed by atoms with Crippen LogP contribution < -0.4 is 0 Å². The first-order chi connectivity index (χ1) is 3.34. The van der Waals surface area contributed by atoms with Crippen molar-refractivity contribution in [1.29, 1.82) is 0 Å². The van der Waals surface area contributed by atoms with Gasteiger partial charge in [-0.1, -0.05) is 0 Å². The molecule has 0 saturated carbocycles. The van der Waals surface area contributed by atoms with Gasteiger partial charge in [0.05, 0.1) is 6.04 Å². The topological polar surface area (TPSA) is 20.3 Å². The van der Waals surface area contributed by atoms with E-state index in [1.807, 2.05) is 18.2 Å². The zero-order valence-corrected chi connectivity index (χ0v) is 4.35. The highest BCUT2D eigenvalue weighted by molar-refractivity contribution is 5.59. The minimum Gasteiger partial charge on any atom is -0.296 e. The standard InChI is InChI=1S/C5H8NO/c1-6-3-2-5(6)4-7/h5H,2-3H2,1H3. The van der Waals surface area contributed by atoms with E-state index in [-0.39, 0.29) is 6.04 Å². The lowest BCUT2D eigenvalue weighted by atomic mass is 10.1. The Kier molecular flexibility index (Phi) is 1.11. The molecule has 1 aliphatic heterocycles. The first-order valence-corrected chi connectivity index (χ1v) is 2.42. The van der Waals surface area contributed by atoms with Gasteiger partial charge in [-0.05, 0) is 13.5 Å². The first-order valence-electron chi connectivity index (χ1n) is 2.42. The molecule has 1 saturated heterocycles. The summed E-state index contributed by atoms with van der Waals surface area (Å²) in [5, 5.41) is 0. The normalized spacial score (nSPS) is 31.9. The first kappa shape index (κ1) is 4.78. The van der Waals surface area contributed by atoms with Gasteiger partial charge in [-0.15, -0.1) is 0 Å². The lowest BCUT2D eigenvalue weighted by Crippen LogP contribution is -2.45. The lowest BCUT2D eigenvalue weighted by Gasteiger charge is -2.32. The van der Waals surface area contributed by atoms with Crippen LogP contribution in [-0.4, -0.2) is 30.8 Å². The Balaban J connectivity index is 2.28. The molecular formula is C5H8NO. The van der Waals surface area contributed by atoms with Crippen LogP contribution in [0.25, 0.3) is 0 Å². The summed E-state index contributed by atoms with van der Waals surface area (Å²) in [4.78, 5) is 11.8. The third-order valence-electron chi connectivity index (χ3n) is 1.42. The molecule has 0 bridgehead atoms. The zero-order chi connectivity index (χ0) is 5.28. The van der Waals surface area contributed by atoms with Crippen LogP contribution in [0.15, 0.2) is 0 Å². The van der Waals surface area contributed by atoms with Gasteiger partial charge in [-0.3, -0.25) is 9.69 Å². The van der Waals surface area contributed by atoms with Crippen molar-refractivity contribution in [3.8, 4) is 0 Å². The third-order valence-corrected chi connectivity index (χ3v) is 1.42. The quantitative estimate of drug-likeness (QED) is 0.452. The average molecular weight is 98.1 g/mol. The fraction of sp³-hybridized carbons (Fsp3) is 0.800. The SMILES string of the molecule is CN1CCC1[C]=O. The molecule has 1 aliphatic rings. The summed E-state index contributed by atoms with van der Waals surface area (Å²) < 4.78 is 0. The molecule has 7 heavy (non-hydrogen) atoms. The van der Waals surface area contributed by atoms with Crippen molar-refractivity contribution in [3.05, 3.63) is 0 Å². The van der Waals surface area contributed by atoms with E-state index in [2.05, 4.69) is 0 Å². The Morgan fingerprint density at radius 2 is 2.57 bits per heavy atom. The molecule has 2 heteroatoms. The Hall–Kier alpha value is -0.370. The zero-order valence-electron chi connectivity index (χ0n) is 4.35. The summed E-state index contributed by atoms with van der Waals surface area (Å²) in [6, 6.07) is 0.111. The summed E-state index contributed by atoms with van der Waals surface area (Å²) in [5.41, 5.74) is 0. The maximum atomic E-state index is 9.83. The molecule has 0 aromatic heterocycles. The van der Waals surface area contributed by atoms with E-state index < -0.39 is 0 Å². The number of nitrogens with zero attached hydrogens (tertiary/aromatic N) is 1. The predicted octanol–water partition coefficient (Wildman–Crippen LogP) is -0.200. The van der Waals surface area contributed by atoms with E-state index in [9.17, 15) is 4.79 Å². The van der Waals surface area contributed by atoms with Crippen LogP contribution in [0.3, 0.4) is 0 Å². The van der Waals surface area contributed by atoms with E-state index in [4.69, 9.17) is 0 Å². The minimum atomic E-state index is 0.111. The molecule has 0 aromatic carbocycles. The maximum Gasteiger partial charge on any atom is 0.217 e. The minimum absolute atomic E-state index is 0.111. The number of hydrogen-bond donors (Lipinski definition) is 0. The van der Waals surface area contributed by atoms with Crippen LogP contribution in [0.5, 0.6) is 0 Å². The molecule has 1 unspecified atom stereocenters. The molecule has 0 aromatic rings. The van der Waals surface area contributed by atoms with E-state index in [0.717, 1.165) is 13.0 Å². The van der Waals surface area contributed by atoms with Gasteiger partial charge in [0, 0.05) is 6.54 Å². The summed E-state index contributed by atoms with van der Waals surface area (Å²) in [6.45, 7) is 1.06. The van der Waals surface area contributed by atoms with Crippen LogP contribution in [0.4, 0.5) is 0 Å². The summed E-state index contributed by atoms with van der Waals surface area (Å²) in [6.07, 6.45) is 2.93. The van der Waals surface area contributed by atoms with Crippen molar-refractivity contribution >= 4 is 6.29 Å². The smallest absolute Gasteiger partial charge is 0.217 e. The second-order valence-corrected chi connectivity index (χ2v) is 1.90. The summed E-state index contributed by atoms with van der Waals surface area (Å²) >= 11 is 0. The molecule has 0 aliphatic carbocycles. The fourth-order valence-corrected chi connectivity index (χ4v) is 0.665. The van der Waals surface area contributed by atoms with Gasteiger partial charge < -0.3 is 0 Å². The highest BCUT2D eigenvalue weighted by Gasteiger charge is 2.23. The van der Waals surface area contributed by atoms with Crippen molar-refractivity contribution in [3.63, 3.8) is 0 Å². The van der Waals surface area contributed by atoms with E-state index in [1.54, 1.807) is 0 Å². The number of likely N-dealkylation sites (N-methyl/N-ethyl adjacent to an activating group) is 1. The largest absolute Gasteiger partial charge is 0.296 e. The van der Waals surface area contributed by atoms with E-state index in [1.165, 1.54) is 0 Å². The Morgan fingerprint density at radius 3 is 2.57 bits per heavy atom. The Bertz CT molecular complexity index is 82.1. The monoisotopic (exact) mass is 98.1 g/mol. The average Bonchev–Trinajstić information content (AvgIpc) is 1.65. The van der Waals surface area contributed by atoms with Gasteiger partial charge >= 0.3 is 0 Å². The molecule has 1 atom stereocenters. The van der Waals surface area contributed by atoms with Crippen molar-refractivity contribution < 1.29 is 4.79 Å². The Labute approximate surface area is 43.1 Å². The van der Waals surface area contributed by atoms with Gasteiger partial charge in [0.1, 0.15) is 0 Å². The third kappa shape index (κ3) is 0.657. The van der Waals surface area contributed by atoms with Gasteiger partial charge in [0.25, 0.3) is 0 Å². The van der Waals surface area contributed by atoms with Crippen molar-refractivity contribution in [2.45, 2.75) is 12.5 Å². The molecule has 39 valence electrons. The van der Waals surface area contributed by atoms with E-state index in [0.29, 0.717) is 0 Å². The van der Waals surface area contributed by atoms with E-state index >= 15 is 0 Å². The second-order valence-electron chi connectivity index (χ2n) is 1.90.